The van der Waals surface area contributed by atoms with Crippen LogP contribution in [0.5, 0.6) is 0 Å². The van der Waals surface area contributed by atoms with Gasteiger partial charge in [0, 0.05) is 13.2 Å². The molecule has 15 heavy (non-hydrogen) atoms. The number of carbonyl (C=O) groups is 1. The highest BCUT2D eigenvalue weighted by atomic mass is 16.5. The molecule has 0 aromatic carbocycles. The highest BCUT2D eigenvalue weighted by Crippen LogP contribution is 2.19. The molecule has 1 N–H and O–H groups in total. The van der Waals surface area contributed by atoms with E-state index in [1.54, 1.807) is 6.92 Å². The molecule has 0 spiro atoms. The number of hydrogen-bond acceptors (Lipinski definition) is 3. The number of piperidine rings is 1. The van der Waals surface area contributed by atoms with Crippen molar-refractivity contribution in [3.05, 3.63) is 0 Å². The summed E-state index contributed by atoms with van der Waals surface area (Å²) in [5, 5.41) is 8.88. The Morgan fingerprint density at radius 3 is 2.60 bits per heavy atom. The van der Waals surface area contributed by atoms with Crippen molar-refractivity contribution in [2.24, 2.45) is 5.92 Å². The number of nitrogens with zero attached hydrogens (tertiary/aromatic N) is 1. The lowest BCUT2D eigenvalue weighted by atomic mass is 9.97. The zero-order chi connectivity index (χ0) is 11.3. The van der Waals surface area contributed by atoms with Gasteiger partial charge in [0.25, 0.3) is 0 Å². The minimum Gasteiger partial charge on any atom is -0.480 e. The number of aliphatic carboxylic acids is 1. The molecular weight excluding hydrogens is 194 g/mol. The lowest BCUT2D eigenvalue weighted by Crippen LogP contribution is -2.44. The quantitative estimate of drug-likeness (QED) is 0.749. The van der Waals surface area contributed by atoms with Crippen molar-refractivity contribution in [3.8, 4) is 0 Å². The van der Waals surface area contributed by atoms with Crippen molar-refractivity contribution in [1.29, 1.82) is 0 Å². The largest absolute Gasteiger partial charge is 0.480 e. The summed E-state index contributed by atoms with van der Waals surface area (Å²) in [6.07, 6.45) is 2.11. The van der Waals surface area contributed by atoms with Gasteiger partial charge in [-0.3, -0.25) is 9.69 Å². The van der Waals surface area contributed by atoms with Crippen LogP contribution in [-0.2, 0) is 9.53 Å². The van der Waals surface area contributed by atoms with E-state index in [9.17, 15) is 4.79 Å². The number of ether oxygens (including phenoxy) is 1. The van der Waals surface area contributed by atoms with Crippen molar-refractivity contribution in [2.75, 3.05) is 26.3 Å². The van der Waals surface area contributed by atoms with Crippen LogP contribution in [0.1, 0.15) is 26.7 Å². The van der Waals surface area contributed by atoms with Crippen LogP contribution in [0.25, 0.3) is 0 Å². The summed E-state index contributed by atoms with van der Waals surface area (Å²) in [4.78, 5) is 12.8. The van der Waals surface area contributed by atoms with Crippen molar-refractivity contribution in [1.82, 2.24) is 4.90 Å². The van der Waals surface area contributed by atoms with Crippen LogP contribution in [0.3, 0.4) is 0 Å². The molecule has 4 heteroatoms. The molecule has 0 radical (unpaired) electrons. The van der Waals surface area contributed by atoms with E-state index in [0.717, 1.165) is 39.1 Å². The first-order valence-electron chi connectivity index (χ1n) is 5.69. The van der Waals surface area contributed by atoms with E-state index < -0.39 is 5.97 Å². The molecule has 0 saturated carbocycles. The number of likely N-dealkylation sites (tertiary alicyclic amines) is 1. The van der Waals surface area contributed by atoms with Gasteiger partial charge in [-0.2, -0.15) is 0 Å². The molecule has 1 saturated heterocycles. The summed E-state index contributed by atoms with van der Waals surface area (Å²) in [6.45, 7) is 7.11. The lowest BCUT2D eigenvalue weighted by molar-refractivity contribution is -0.143. The fraction of sp³-hybridized carbons (Fsp3) is 0.909. The van der Waals surface area contributed by atoms with Gasteiger partial charge in [0.2, 0.25) is 0 Å². The average molecular weight is 215 g/mol. The molecule has 0 aliphatic carbocycles. The van der Waals surface area contributed by atoms with E-state index >= 15 is 0 Å². The Kier molecular flexibility index (Phi) is 5.05. The third kappa shape index (κ3) is 3.80. The summed E-state index contributed by atoms with van der Waals surface area (Å²) in [5.74, 6) is -0.111. The van der Waals surface area contributed by atoms with Gasteiger partial charge in [0.05, 0.1) is 0 Å². The zero-order valence-corrected chi connectivity index (χ0v) is 9.61. The Bertz CT molecular complexity index is 200. The Morgan fingerprint density at radius 1 is 1.53 bits per heavy atom. The van der Waals surface area contributed by atoms with E-state index in [1.165, 1.54) is 0 Å². The second-order valence-electron chi connectivity index (χ2n) is 4.15. The number of hydrogen-bond donors (Lipinski definition) is 1. The van der Waals surface area contributed by atoms with Gasteiger partial charge in [-0.25, -0.2) is 0 Å². The first-order chi connectivity index (χ1) is 7.15. The Hall–Kier alpha value is -0.610. The van der Waals surface area contributed by atoms with Crippen LogP contribution in [0.2, 0.25) is 0 Å². The molecule has 1 rings (SSSR count). The maximum Gasteiger partial charge on any atom is 0.320 e. The van der Waals surface area contributed by atoms with Crippen molar-refractivity contribution >= 4 is 5.97 Å². The Labute approximate surface area is 91.2 Å². The molecule has 0 amide bonds. The first kappa shape index (κ1) is 12.5. The zero-order valence-electron chi connectivity index (χ0n) is 9.61. The third-order valence-electron chi connectivity index (χ3n) is 3.11. The molecule has 88 valence electrons. The average Bonchev–Trinajstić information content (AvgIpc) is 2.26. The van der Waals surface area contributed by atoms with Gasteiger partial charge in [0.15, 0.2) is 0 Å². The fourth-order valence-corrected chi connectivity index (χ4v) is 1.95. The van der Waals surface area contributed by atoms with Crippen molar-refractivity contribution in [3.63, 3.8) is 0 Å². The highest BCUT2D eigenvalue weighted by Gasteiger charge is 2.25. The minimum atomic E-state index is -0.724. The van der Waals surface area contributed by atoms with E-state index in [4.69, 9.17) is 9.84 Å². The van der Waals surface area contributed by atoms with Crippen LogP contribution in [-0.4, -0.2) is 48.3 Å². The van der Waals surface area contributed by atoms with Gasteiger partial charge >= 0.3 is 5.97 Å². The van der Waals surface area contributed by atoms with Gasteiger partial charge in [-0.15, -0.1) is 0 Å². The van der Waals surface area contributed by atoms with Crippen LogP contribution in [0.4, 0.5) is 0 Å². The smallest absolute Gasteiger partial charge is 0.320 e. The molecule has 0 bridgehead atoms. The molecule has 4 nitrogen and oxygen atoms in total. The number of carboxylic acids is 1. The summed E-state index contributed by atoms with van der Waals surface area (Å²) in [6, 6.07) is -0.349. The molecule has 0 aromatic heterocycles. The molecule has 1 heterocycles. The van der Waals surface area contributed by atoms with Crippen LogP contribution in [0.15, 0.2) is 0 Å². The second kappa shape index (κ2) is 6.08. The molecule has 0 aromatic rings. The normalized spacial score (nSPS) is 21.5. The molecule has 1 aliphatic heterocycles. The van der Waals surface area contributed by atoms with Gasteiger partial charge in [-0.1, -0.05) is 0 Å². The van der Waals surface area contributed by atoms with E-state index in [1.807, 2.05) is 11.8 Å². The second-order valence-corrected chi connectivity index (χ2v) is 4.15. The first-order valence-corrected chi connectivity index (χ1v) is 5.69. The van der Waals surface area contributed by atoms with Gasteiger partial charge < -0.3 is 9.84 Å². The van der Waals surface area contributed by atoms with E-state index in [0.29, 0.717) is 5.92 Å². The third-order valence-corrected chi connectivity index (χ3v) is 3.11. The van der Waals surface area contributed by atoms with E-state index in [2.05, 4.69) is 0 Å². The maximum absolute atomic E-state index is 10.8. The molecule has 1 atom stereocenters. The topological polar surface area (TPSA) is 49.8 Å². The summed E-state index contributed by atoms with van der Waals surface area (Å²) < 4.78 is 5.38. The maximum atomic E-state index is 10.8. The molecule has 0 unspecified atom stereocenters. The molecule has 1 aliphatic rings. The minimum absolute atomic E-state index is 0.349. The predicted octanol–water partition coefficient (Wildman–Crippen LogP) is 1.21. The highest BCUT2D eigenvalue weighted by molar-refractivity contribution is 5.72. The standard InChI is InChI=1S/C11H21NO3/c1-3-15-8-10-4-6-12(7-5-10)9(2)11(13)14/h9-10H,3-8H2,1-2H3,(H,13,14)/t9-/m0/s1. The van der Waals surface area contributed by atoms with Crippen LogP contribution < -0.4 is 0 Å². The SMILES string of the molecule is CCOCC1CCN([C@@H](C)C(=O)O)CC1. The number of rotatable bonds is 5. The Morgan fingerprint density at radius 2 is 2.13 bits per heavy atom. The Balaban J connectivity index is 2.26. The molecular formula is C11H21NO3. The fourth-order valence-electron chi connectivity index (χ4n) is 1.95. The van der Waals surface area contributed by atoms with Crippen LogP contribution in [0, 0.1) is 5.92 Å². The molecule has 1 fully saturated rings. The van der Waals surface area contributed by atoms with Gasteiger partial charge in [-0.05, 0) is 45.7 Å². The summed E-state index contributed by atoms with van der Waals surface area (Å²) >= 11 is 0. The summed E-state index contributed by atoms with van der Waals surface area (Å²) in [7, 11) is 0. The van der Waals surface area contributed by atoms with Gasteiger partial charge in [0.1, 0.15) is 6.04 Å². The van der Waals surface area contributed by atoms with E-state index in [-0.39, 0.29) is 6.04 Å². The summed E-state index contributed by atoms with van der Waals surface area (Å²) in [5.41, 5.74) is 0. The lowest BCUT2D eigenvalue weighted by Gasteiger charge is -2.34. The van der Waals surface area contributed by atoms with Crippen molar-refractivity contribution in [2.45, 2.75) is 32.7 Å². The van der Waals surface area contributed by atoms with Crippen molar-refractivity contribution < 1.29 is 14.6 Å². The monoisotopic (exact) mass is 215 g/mol. The predicted molar refractivity (Wildman–Crippen MR) is 57.9 cm³/mol. The van der Waals surface area contributed by atoms with Crippen LogP contribution >= 0.6 is 0 Å². The number of carboxylic acid groups (broad SMARTS) is 1.